The van der Waals surface area contributed by atoms with Gasteiger partial charge in [-0.15, -0.1) is 0 Å². The number of anilines is 1. The van der Waals surface area contributed by atoms with Gasteiger partial charge in [0.2, 0.25) is 0 Å². The quantitative estimate of drug-likeness (QED) is 0.486. The van der Waals surface area contributed by atoms with Gasteiger partial charge in [0.15, 0.2) is 0 Å². The third kappa shape index (κ3) is 4.09. The van der Waals surface area contributed by atoms with E-state index < -0.39 is 0 Å². The SMILES string of the molecule is CCN(c1ccc(N=Nc2sc3cc(OC)ccc3[n+]2C)cc1)C(C)CO. The zero-order valence-electron chi connectivity index (χ0n) is 16.1. The maximum Gasteiger partial charge on any atom is 0.409 e. The molecule has 1 unspecified atom stereocenters. The van der Waals surface area contributed by atoms with Crippen molar-refractivity contribution in [1.82, 2.24) is 0 Å². The first-order valence-electron chi connectivity index (χ1n) is 8.93. The molecule has 0 spiro atoms. The monoisotopic (exact) mass is 385 g/mol. The molecule has 1 heterocycles. The number of hydrogen-bond acceptors (Lipinski definition) is 6. The van der Waals surface area contributed by atoms with E-state index >= 15 is 0 Å². The number of ether oxygens (including phenoxy) is 1. The van der Waals surface area contributed by atoms with Gasteiger partial charge >= 0.3 is 5.13 Å². The summed E-state index contributed by atoms with van der Waals surface area (Å²) in [5.74, 6) is 0.834. The van der Waals surface area contributed by atoms with Crippen LogP contribution in [0.3, 0.4) is 0 Å². The molecular formula is C20H25N4O2S+. The lowest BCUT2D eigenvalue weighted by atomic mass is 10.2. The Morgan fingerprint density at radius 3 is 2.56 bits per heavy atom. The molecule has 1 aromatic heterocycles. The Balaban J connectivity index is 1.82. The van der Waals surface area contributed by atoms with Crippen LogP contribution in [0.1, 0.15) is 13.8 Å². The van der Waals surface area contributed by atoms with Gasteiger partial charge in [-0.05, 0) is 66.7 Å². The van der Waals surface area contributed by atoms with Crippen molar-refractivity contribution in [2.24, 2.45) is 17.3 Å². The molecule has 3 aromatic rings. The molecule has 3 rings (SSSR count). The van der Waals surface area contributed by atoms with Crippen molar-refractivity contribution in [1.29, 1.82) is 0 Å². The van der Waals surface area contributed by atoms with Crippen LogP contribution in [-0.2, 0) is 7.05 Å². The summed E-state index contributed by atoms with van der Waals surface area (Å²) in [5.41, 5.74) is 2.96. The van der Waals surface area contributed by atoms with E-state index in [4.69, 9.17) is 4.74 Å². The van der Waals surface area contributed by atoms with E-state index in [9.17, 15) is 5.11 Å². The molecular weight excluding hydrogens is 360 g/mol. The Kier molecular flexibility index (Phi) is 6.03. The number of benzene rings is 2. The largest absolute Gasteiger partial charge is 0.497 e. The van der Waals surface area contributed by atoms with Crippen LogP contribution < -0.4 is 14.2 Å². The van der Waals surface area contributed by atoms with Gasteiger partial charge in [-0.2, -0.15) is 0 Å². The second kappa shape index (κ2) is 8.45. The molecule has 27 heavy (non-hydrogen) atoms. The van der Waals surface area contributed by atoms with Crippen LogP contribution in [-0.4, -0.2) is 31.4 Å². The number of rotatable bonds is 7. The summed E-state index contributed by atoms with van der Waals surface area (Å²) in [5, 5.41) is 19.0. The van der Waals surface area contributed by atoms with E-state index in [0.717, 1.165) is 39.0 Å². The van der Waals surface area contributed by atoms with Crippen LogP contribution in [0.2, 0.25) is 0 Å². The third-order valence-corrected chi connectivity index (χ3v) is 5.67. The number of likely N-dealkylation sites (N-methyl/N-ethyl adjacent to an activating group) is 1. The normalized spacial score (nSPS) is 12.6. The molecule has 1 N–H and O–H groups in total. The van der Waals surface area contributed by atoms with E-state index in [-0.39, 0.29) is 12.6 Å². The van der Waals surface area contributed by atoms with Gasteiger partial charge in [0, 0.05) is 24.3 Å². The highest BCUT2D eigenvalue weighted by Crippen LogP contribution is 2.30. The van der Waals surface area contributed by atoms with Gasteiger partial charge < -0.3 is 14.7 Å². The van der Waals surface area contributed by atoms with Crippen molar-refractivity contribution >= 4 is 38.1 Å². The fourth-order valence-corrected chi connectivity index (χ4v) is 3.99. The van der Waals surface area contributed by atoms with Gasteiger partial charge in [0.1, 0.15) is 17.0 Å². The van der Waals surface area contributed by atoms with E-state index in [2.05, 4.69) is 22.1 Å². The average molecular weight is 386 g/mol. The first-order chi connectivity index (χ1) is 13.1. The van der Waals surface area contributed by atoms with Crippen molar-refractivity contribution in [2.75, 3.05) is 25.2 Å². The van der Waals surface area contributed by atoms with E-state index in [1.807, 2.05) is 61.0 Å². The lowest BCUT2D eigenvalue weighted by Gasteiger charge is -2.28. The summed E-state index contributed by atoms with van der Waals surface area (Å²) in [6.45, 7) is 5.05. The number of aliphatic hydroxyl groups is 1. The summed E-state index contributed by atoms with van der Waals surface area (Å²) >= 11 is 1.58. The van der Waals surface area contributed by atoms with Crippen LogP contribution >= 0.6 is 11.3 Å². The Bertz CT molecular complexity index is 937. The standard InChI is InChI=1S/C20H25N4O2S/c1-5-24(14(2)13-25)16-8-6-15(7-9-16)21-22-20-23(3)18-11-10-17(26-4)12-19(18)27-20/h6-12,14,25H,5,13H2,1-4H3/q+1. The average Bonchev–Trinajstić information content (AvgIpc) is 3.02. The van der Waals surface area contributed by atoms with Crippen molar-refractivity contribution in [3.63, 3.8) is 0 Å². The van der Waals surface area contributed by atoms with Crippen LogP contribution in [0, 0.1) is 0 Å². The molecule has 0 aliphatic heterocycles. The fourth-order valence-electron chi connectivity index (χ4n) is 3.00. The molecule has 0 radical (unpaired) electrons. The second-order valence-corrected chi connectivity index (χ2v) is 7.32. The summed E-state index contributed by atoms with van der Waals surface area (Å²) in [7, 11) is 3.65. The number of aliphatic hydroxyl groups excluding tert-OH is 1. The maximum absolute atomic E-state index is 9.40. The molecule has 6 nitrogen and oxygen atoms in total. The van der Waals surface area contributed by atoms with Crippen LogP contribution in [0.15, 0.2) is 52.7 Å². The lowest BCUT2D eigenvalue weighted by Crippen LogP contribution is -2.35. The fraction of sp³-hybridized carbons (Fsp3) is 0.350. The highest BCUT2D eigenvalue weighted by molar-refractivity contribution is 7.21. The Morgan fingerprint density at radius 2 is 1.93 bits per heavy atom. The Hall–Kier alpha value is -2.51. The number of aryl methyl sites for hydroxylation is 1. The number of nitrogens with zero attached hydrogens (tertiary/aromatic N) is 4. The molecule has 142 valence electrons. The zero-order valence-corrected chi connectivity index (χ0v) is 16.9. The molecule has 2 aromatic carbocycles. The minimum Gasteiger partial charge on any atom is -0.497 e. The molecule has 7 heteroatoms. The molecule has 1 atom stereocenters. The smallest absolute Gasteiger partial charge is 0.409 e. The lowest BCUT2D eigenvalue weighted by molar-refractivity contribution is -0.627. The summed E-state index contributed by atoms with van der Waals surface area (Å²) < 4.78 is 8.42. The molecule has 0 amide bonds. The molecule has 0 saturated carbocycles. The number of methoxy groups -OCH3 is 1. The Labute approximate surface area is 163 Å². The first kappa shape index (κ1) is 19.3. The van der Waals surface area contributed by atoms with Gasteiger partial charge in [0.25, 0.3) is 0 Å². The number of fused-ring (bicyclic) bond motifs is 1. The number of thiazole rings is 1. The van der Waals surface area contributed by atoms with Gasteiger partial charge in [-0.3, -0.25) is 0 Å². The summed E-state index contributed by atoms with van der Waals surface area (Å²) in [6.07, 6.45) is 0. The van der Waals surface area contributed by atoms with Gasteiger partial charge in [0.05, 0.1) is 30.6 Å². The van der Waals surface area contributed by atoms with Crippen LogP contribution in [0.4, 0.5) is 16.5 Å². The topological polar surface area (TPSA) is 61.3 Å². The predicted molar refractivity (Wildman–Crippen MR) is 110 cm³/mol. The number of azo groups is 1. The summed E-state index contributed by atoms with van der Waals surface area (Å²) in [4.78, 5) is 2.15. The van der Waals surface area contributed by atoms with E-state index in [1.165, 1.54) is 0 Å². The highest BCUT2D eigenvalue weighted by atomic mass is 32.1. The van der Waals surface area contributed by atoms with E-state index in [1.54, 1.807) is 18.4 Å². The minimum atomic E-state index is 0.0806. The van der Waals surface area contributed by atoms with Crippen molar-refractivity contribution in [3.8, 4) is 5.75 Å². The number of hydrogen-bond donors (Lipinski definition) is 1. The molecule has 0 aliphatic rings. The summed E-state index contributed by atoms with van der Waals surface area (Å²) in [6, 6.07) is 14.0. The first-order valence-corrected chi connectivity index (χ1v) is 9.75. The maximum atomic E-state index is 9.40. The van der Waals surface area contributed by atoms with Crippen LogP contribution in [0.25, 0.3) is 10.2 Å². The molecule has 0 bridgehead atoms. The molecule has 0 saturated heterocycles. The molecule has 0 aliphatic carbocycles. The van der Waals surface area contributed by atoms with Gasteiger partial charge in [-0.1, -0.05) is 0 Å². The van der Waals surface area contributed by atoms with E-state index in [0.29, 0.717) is 0 Å². The van der Waals surface area contributed by atoms with Gasteiger partial charge in [-0.25, -0.2) is 4.57 Å². The number of aromatic nitrogens is 1. The Morgan fingerprint density at radius 1 is 1.19 bits per heavy atom. The highest BCUT2D eigenvalue weighted by Gasteiger charge is 2.17. The van der Waals surface area contributed by atoms with Crippen molar-refractivity contribution in [2.45, 2.75) is 19.9 Å². The van der Waals surface area contributed by atoms with Crippen molar-refractivity contribution in [3.05, 3.63) is 42.5 Å². The van der Waals surface area contributed by atoms with Crippen LogP contribution in [0.5, 0.6) is 5.75 Å². The van der Waals surface area contributed by atoms with Crippen molar-refractivity contribution < 1.29 is 14.4 Å². The zero-order chi connectivity index (χ0) is 19.4. The minimum absolute atomic E-state index is 0.0806. The molecule has 0 fully saturated rings. The third-order valence-electron chi connectivity index (χ3n) is 4.59. The predicted octanol–water partition coefficient (Wildman–Crippen LogP) is 4.36. The second-order valence-electron chi connectivity index (χ2n) is 6.31.